The Morgan fingerprint density at radius 3 is 2.39 bits per heavy atom. The topological polar surface area (TPSA) is 52.0 Å². The highest BCUT2D eigenvalue weighted by atomic mass is 79.9. The summed E-state index contributed by atoms with van der Waals surface area (Å²) in [7, 11) is -1.56. The molecule has 0 saturated carbocycles. The Hall–Kier alpha value is -1.14. The van der Waals surface area contributed by atoms with Crippen LogP contribution >= 0.6 is 15.9 Å². The van der Waals surface area contributed by atoms with Gasteiger partial charge in [0.2, 0.25) is 0 Å². The molecular formula is C12H13BrN2O2S. The van der Waals surface area contributed by atoms with E-state index in [1.165, 1.54) is 0 Å². The van der Waals surface area contributed by atoms with E-state index in [-0.39, 0.29) is 5.75 Å². The molecule has 0 aliphatic rings. The van der Waals surface area contributed by atoms with Crippen molar-refractivity contribution in [2.75, 3.05) is 0 Å². The minimum Gasteiger partial charge on any atom is -0.275 e. The fourth-order valence-electron chi connectivity index (χ4n) is 1.70. The average Bonchev–Trinajstić information content (AvgIpc) is 2.57. The largest absolute Gasteiger partial charge is 0.275 e. The Balaban J connectivity index is 2.33. The second-order valence-corrected chi connectivity index (χ2v) is 7.05. The zero-order chi connectivity index (χ0) is 13.3. The maximum Gasteiger partial charge on any atom is 0.184 e. The summed E-state index contributed by atoms with van der Waals surface area (Å²) in [5.74, 6) is -0.0681. The van der Waals surface area contributed by atoms with Gasteiger partial charge in [0.1, 0.15) is 0 Å². The Bertz CT molecular complexity index is 660. The fraction of sp³-hybridized carbons (Fsp3) is 0.250. The molecule has 0 aliphatic carbocycles. The first-order valence-electron chi connectivity index (χ1n) is 5.36. The molecule has 0 atom stereocenters. The third-order valence-electron chi connectivity index (χ3n) is 2.61. The third-order valence-corrected chi connectivity index (χ3v) is 4.79. The zero-order valence-electron chi connectivity index (χ0n) is 10.1. The number of aryl methyl sites for hydroxylation is 2. The second-order valence-electron chi connectivity index (χ2n) is 4.15. The van der Waals surface area contributed by atoms with Gasteiger partial charge in [-0.25, -0.2) is 8.42 Å². The van der Waals surface area contributed by atoms with E-state index >= 15 is 0 Å². The van der Waals surface area contributed by atoms with Gasteiger partial charge >= 0.3 is 0 Å². The molecule has 0 amide bonds. The molecule has 18 heavy (non-hydrogen) atoms. The van der Waals surface area contributed by atoms with Gasteiger partial charge in [0.15, 0.2) is 9.84 Å². The molecule has 96 valence electrons. The third kappa shape index (κ3) is 2.81. The summed E-state index contributed by atoms with van der Waals surface area (Å²) < 4.78 is 26.9. The van der Waals surface area contributed by atoms with E-state index in [9.17, 15) is 8.42 Å². The van der Waals surface area contributed by atoms with Crippen molar-refractivity contribution in [3.05, 3.63) is 46.2 Å². The molecular weight excluding hydrogens is 316 g/mol. The van der Waals surface area contributed by atoms with Crippen LogP contribution in [0.5, 0.6) is 0 Å². The van der Waals surface area contributed by atoms with Crippen LogP contribution in [0.4, 0.5) is 0 Å². The van der Waals surface area contributed by atoms with Crippen LogP contribution in [0.2, 0.25) is 0 Å². The highest BCUT2D eigenvalue weighted by molar-refractivity contribution is 9.10. The second kappa shape index (κ2) is 4.85. The van der Waals surface area contributed by atoms with E-state index in [2.05, 4.69) is 21.0 Å². The number of aromatic nitrogens is 2. The Labute approximate surface area is 115 Å². The van der Waals surface area contributed by atoms with Crippen LogP contribution < -0.4 is 0 Å². The predicted molar refractivity (Wildman–Crippen MR) is 73.0 cm³/mol. The molecule has 2 aromatic rings. The molecule has 0 bridgehead atoms. The lowest BCUT2D eigenvalue weighted by Gasteiger charge is -2.03. The van der Waals surface area contributed by atoms with Gasteiger partial charge in [-0.3, -0.25) is 4.68 Å². The van der Waals surface area contributed by atoms with Crippen molar-refractivity contribution in [2.24, 2.45) is 7.05 Å². The van der Waals surface area contributed by atoms with Gasteiger partial charge < -0.3 is 0 Å². The average molecular weight is 329 g/mol. The molecule has 6 heteroatoms. The van der Waals surface area contributed by atoms with Gasteiger partial charge in [0, 0.05) is 17.7 Å². The highest BCUT2D eigenvalue weighted by Gasteiger charge is 2.18. The summed E-state index contributed by atoms with van der Waals surface area (Å²) in [5.41, 5.74) is 1.48. The van der Waals surface area contributed by atoms with E-state index < -0.39 is 9.84 Å². The number of nitrogens with zero attached hydrogens (tertiary/aromatic N) is 2. The summed E-state index contributed by atoms with van der Waals surface area (Å²) in [5, 5.41) is 4.17. The molecule has 0 N–H and O–H groups in total. The van der Waals surface area contributed by atoms with Gasteiger partial charge in [0.05, 0.1) is 16.3 Å². The predicted octanol–water partition coefficient (Wildman–Crippen LogP) is 2.46. The standard InChI is InChI=1S/C12H13BrN2O2S/c1-9-7-15(2)14-12(9)8-18(16,17)11-5-3-10(13)4-6-11/h3-7H,8H2,1-2H3. The molecule has 0 saturated heterocycles. The number of halogens is 1. The summed E-state index contributed by atoms with van der Waals surface area (Å²) in [6.45, 7) is 1.86. The Morgan fingerprint density at radius 1 is 1.28 bits per heavy atom. The summed E-state index contributed by atoms with van der Waals surface area (Å²) in [6, 6.07) is 6.63. The first kappa shape index (κ1) is 13.3. The van der Waals surface area contributed by atoms with Gasteiger partial charge in [-0.1, -0.05) is 15.9 Å². The molecule has 2 rings (SSSR count). The van der Waals surface area contributed by atoms with Crippen molar-refractivity contribution in [2.45, 2.75) is 17.6 Å². The normalized spacial score (nSPS) is 11.7. The summed E-state index contributed by atoms with van der Waals surface area (Å²) in [4.78, 5) is 0.316. The molecule has 0 aliphatic heterocycles. The SMILES string of the molecule is Cc1cn(C)nc1CS(=O)(=O)c1ccc(Br)cc1. The van der Waals surface area contributed by atoms with Gasteiger partial charge in [-0.15, -0.1) is 0 Å². The maximum atomic E-state index is 12.2. The quantitative estimate of drug-likeness (QED) is 0.869. The number of hydrogen-bond donors (Lipinski definition) is 0. The van der Waals surface area contributed by atoms with Crippen molar-refractivity contribution in [1.82, 2.24) is 9.78 Å². The minimum atomic E-state index is -3.34. The van der Waals surface area contributed by atoms with Crippen LogP contribution in [0.1, 0.15) is 11.3 Å². The number of rotatable bonds is 3. The molecule has 1 heterocycles. The zero-order valence-corrected chi connectivity index (χ0v) is 12.5. The first-order chi connectivity index (χ1) is 8.38. The molecule has 1 aromatic heterocycles. The van der Waals surface area contributed by atoms with Gasteiger partial charge in [-0.2, -0.15) is 5.10 Å². The lowest BCUT2D eigenvalue weighted by Crippen LogP contribution is -2.06. The van der Waals surface area contributed by atoms with Gasteiger partial charge in [0.25, 0.3) is 0 Å². The molecule has 0 fully saturated rings. The van der Waals surface area contributed by atoms with E-state index in [1.54, 1.807) is 36.0 Å². The fourth-order valence-corrected chi connectivity index (χ4v) is 3.33. The van der Waals surface area contributed by atoms with Crippen LogP contribution in [0, 0.1) is 6.92 Å². The minimum absolute atomic E-state index is 0.0681. The van der Waals surface area contributed by atoms with E-state index in [1.807, 2.05) is 13.1 Å². The van der Waals surface area contributed by atoms with Crippen LogP contribution in [-0.4, -0.2) is 18.2 Å². The van der Waals surface area contributed by atoms with Crippen LogP contribution in [0.25, 0.3) is 0 Å². The molecule has 0 radical (unpaired) electrons. The maximum absolute atomic E-state index is 12.2. The molecule has 1 aromatic carbocycles. The van der Waals surface area contributed by atoms with E-state index in [0.717, 1.165) is 10.0 Å². The Kier molecular flexibility index (Phi) is 3.59. The number of sulfone groups is 1. The van der Waals surface area contributed by atoms with Crippen LogP contribution in [0.3, 0.4) is 0 Å². The highest BCUT2D eigenvalue weighted by Crippen LogP contribution is 2.19. The van der Waals surface area contributed by atoms with Crippen molar-refractivity contribution in [3.63, 3.8) is 0 Å². The lowest BCUT2D eigenvalue weighted by molar-refractivity contribution is 0.594. The van der Waals surface area contributed by atoms with Crippen LogP contribution in [-0.2, 0) is 22.6 Å². The van der Waals surface area contributed by atoms with Crippen molar-refractivity contribution in [1.29, 1.82) is 0 Å². The monoisotopic (exact) mass is 328 g/mol. The van der Waals surface area contributed by atoms with E-state index in [4.69, 9.17) is 0 Å². The van der Waals surface area contributed by atoms with Crippen molar-refractivity contribution >= 4 is 25.8 Å². The van der Waals surface area contributed by atoms with Crippen molar-refractivity contribution in [3.8, 4) is 0 Å². The molecule has 4 nitrogen and oxygen atoms in total. The van der Waals surface area contributed by atoms with E-state index in [0.29, 0.717) is 10.6 Å². The molecule has 0 spiro atoms. The van der Waals surface area contributed by atoms with Crippen LogP contribution in [0.15, 0.2) is 39.8 Å². The number of benzene rings is 1. The smallest absolute Gasteiger partial charge is 0.184 e. The Morgan fingerprint density at radius 2 is 1.89 bits per heavy atom. The first-order valence-corrected chi connectivity index (χ1v) is 7.80. The summed E-state index contributed by atoms with van der Waals surface area (Å²) >= 11 is 3.28. The molecule has 0 unspecified atom stereocenters. The lowest BCUT2D eigenvalue weighted by atomic mass is 10.3. The number of hydrogen-bond acceptors (Lipinski definition) is 3. The summed E-state index contributed by atoms with van der Waals surface area (Å²) in [6.07, 6.45) is 1.81. The van der Waals surface area contributed by atoms with Crippen molar-refractivity contribution < 1.29 is 8.42 Å². The van der Waals surface area contributed by atoms with Gasteiger partial charge in [-0.05, 0) is 36.8 Å².